The zero-order valence-corrected chi connectivity index (χ0v) is 13.2. The van der Waals surface area contributed by atoms with Gasteiger partial charge in [0, 0.05) is 0 Å². The first kappa shape index (κ1) is 15.5. The first-order valence-electron chi connectivity index (χ1n) is 7.17. The maximum Gasteiger partial charge on any atom is 0.319 e. The van der Waals surface area contributed by atoms with Gasteiger partial charge < -0.3 is 9.47 Å². The van der Waals surface area contributed by atoms with E-state index < -0.39 is 22.9 Å². The van der Waals surface area contributed by atoms with E-state index in [-0.39, 0.29) is 5.78 Å². The Hall–Kier alpha value is -1.84. The highest BCUT2D eigenvalue weighted by molar-refractivity contribution is 6.07. The number of carbonyl (C=O) groups is 2. The number of cyclic esters (lactones) is 1. The van der Waals surface area contributed by atoms with Gasteiger partial charge in [0.1, 0.15) is 17.3 Å². The van der Waals surface area contributed by atoms with Gasteiger partial charge in [-0.25, -0.2) is 0 Å². The Morgan fingerprint density at radius 2 is 1.71 bits per heavy atom. The van der Waals surface area contributed by atoms with Crippen molar-refractivity contribution in [1.82, 2.24) is 0 Å². The lowest BCUT2D eigenvalue weighted by Crippen LogP contribution is -2.53. The third kappa shape index (κ3) is 2.33. The second-order valence-corrected chi connectivity index (χ2v) is 6.28. The molecule has 0 aliphatic carbocycles. The summed E-state index contributed by atoms with van der Waals surface area (Å²) < 4.78 is 10.8. The number of rotatable bonds is 3. The average molecular weight is 290 g/mol. The number of Topliss-reactive ketones (excluding diaryl/α,β-unsaturated/α-hetero) is 1. The molecule has 21 heavy (non-hydrogen) atoms. The lowest BCUT2D eigenvalue weighted by Gasteiger charge is -2.45. The van der Waals surface area contributed by atoms with Crippen molar-refractivity contribution in [3.8, 4) is 5.75 Å². The van der Waals surface area contributed by atoms with Gasteiger partial charge in [-0.15, -0.1) is 0 Å². The zero-order valence-electron chi connectivity index (χ0n) is 13.2. The Balaban J connectivity index is 2.46. The maximum absolute atomic E-state index is 12.8. The highest BCUT2D eigenvalue weighted by atomic mass is 16.5. The number of esters is 1. The van der Waals surface area contributed by atoms with Crippen molar-refractivity contribution in [1.29, 1.82) is 0 Å². The van der Waals surface area contributed by atoms with Crippen LogP contribution in [0.2, 0.25) is 0 Å². The molecule has 0 saturated carbocycles. The summed E-state index contributed by atoms with van der Waals surface area (Å²) >= 11 is 0. The second kappa shape index (κ2) is 5.17. The highest BCUT2D eigenvalue weighted by Crippen LogP contribution is 2.49. The SMILES string of the molecule is CCC1(C)C(=O)C(C)(C)C(=O)OC1c1ccc(OC)cc1. The predicted octanol–water partition coefficient (Wildman–Crippen LogP) is 3.30. The Morgan fingerprint density at radius 1 is 1.14 bits per heavy atom. The van der Waals surface area contributed by atoms with Gasteiger partial charge >= 0.3 is 5.97 Å². The first-order chi connectivity index (χ1) is 9.77. The Kier molecular flexibility index (Phi) is 3.83. The van der Waals surface area contributed by atoms with Crippen LogP contribution in [0, 0.1) is 10.8 Å². The van der Waals surface area contributed by atoms with Crippen LogP contribution in [0.5, 0.6) is 5.75 Å². The van der Waals surface area contributed by atoms with Gasteiger partial charge in [0.2, 0.25) is 0 Å². The van der Waals surface area contributed by atoms with Crippen molar-refractivity contribution in [2.45, 2.75) is 40.2 Å². The minimum absolute atomic E-state index is 0.0606. The average Bonchev–Trinajstić information content (AvgIpc) is 2.49. The summed E-state index contributed by atoms with van der Waals surface area (Å²) in [6, 6.07) is 7.31. The number of ether oxygens (including phenoxy) is 2. The Bertz CT molecular complexity index is 559. The fourth-order valence-corrected chi connectivity index (χ4v) is 2.87. The molecule has 1 aliphatic heterocycles. The minimum Gasteiger partial charge on any atom is -0.497 e. The van der Waals surface area contributed by atoms with E-state index in [1.807, 2.05) is 38.1 Å². The Morgan fingerprint density at radius 3 is 2.19 bits per heavy atom. The summed E-state index contributed by atoms with van der Waals surface area (Å²) in [6.45, 7) is 7.09. The number of benzene rings is 1. The van der Waals surface area contributed by atoms with Crippen LogP contribution < -0.4 is 4.74 Å². The fraction of sp³-hybridized carbons (Fsp3) is 0.529. The molecule has 1 aromatic rings. The van der Waals surface area contributed by atoms with Crippen molar-refractivity contribution in [3.05, 3.63) is 29.8 Å². The topological polar surface area (TPSA) is 52.6 Å². The van der Waals surface area contributed by atoms with E-state index in [9.17, 15) is 9.59 Å². The van der Waals surface area contributed by atoms with Crippen LogP contribution in [0.1, 0.15) is 45.8 Å². The van der Waals surface area contributed by atoms with E-state index >= 15 is 0 Å². The van der Waals surface area contributed by atoms with Gasteiger partial charge in [-0.2, -0.15) is 0 Å². The van der Waals surface area contributed by atoms with E-state index in [0.717, 1.165) is 11.3 Å². The zero-order chi connectivity index (χ0) is 15.8. The molecule has 1 heterocycles. The van der Waals surface area contributed by atoms with Crippen molar-refractivity contribution < 1.29 is 19.1 Å². The molecular formula is C17H22O4. The van der Waals surface area contributed by atoms with Crippen molar-refractivity contribution in [2.24, 2.45) is 10.8 Å². The summed E-state index contributed by atoms with van der Waals surface area (Å²) in [6.07, 6.45) is 0.0561. The summed E-state index contributed by atoms with van der Waals surface area (Å²) in [4.78, 5) is 25.0. The van der Waals surface area contributed by atoms with Crippen LogP contribution in [-0.2, 0) is 14.3 Å². The summed E-state index contributed by atoms with van der Waals surface area (Å²) in [5.41, 5.74) is -0.989. The molecule has 1 aromatic carbocycles. The molecule has 0 aromatic heterocycles. The lowest BCUT2D eigenvalue weighted by molar-refractivity contribution is -0.188. The molecule has 0 bridgehead atoms. The number of carbonyl (C=O) groups excluding carboxylic acids is 2. The van der Waals surface area contributed by atoms with Crippen LogP contribution in [0.4, 0.5) is 0 Å². The number of methoxy groups -OCH3 is 1. The maximum atomic E-state index is 12.8. The number of ketones is 1. The molecule has 0 radical (unpaired) electrons. The van der Waals surface area contributed by atoms with Gasteiger partial charge in [0.15, 0.2) is 5.78 Å². The molecule has 2 unspecified atom stereocenters. The Labute approximate surface area is 125 Å². The van der Waals surface area contributed by atoms with Crippen LogP contribution in [0.3, 0.4) is 0 Å². The second-order valence-electron chi connectivity index (χ2n) is 6.28. The predicted molar refractivity (Wildman–Crippen MR) is 79.0 cm³/mol. The lowest BCUT2D eigenvalue weighted by atomic mass is 9.64. The summed E-state index contributed by atoms with van der Waals surface area (Å²) in [7, 11) is 1.60. The summed E-state index contributed by atoms with van der Waals surface area (Å²) in [5, 5.41) is 0. The quantitative estimate of drug-likeness (QED) is 0.633. The van der Waals surface area contributed by atoms with Crippen LogP contribution in [-0.4, -0.2) is 18.9 Å². The molecule has 0 amide bonds. The van der Waals surface area contributed by atoms with Gasteiger partial charge in [-0.1, -0.05) is 19.1 Å². The highest BCUT2D eigenvalue weighted by Gasteiger charge is 2.57. The molecule has 0 spiro atoms. The molecule has 2 atom stereocenters. The van der Waals surface area contributed by atoms with E-state index in [1.165, 1.54) is 0 Å². The fourth-order valence-electron chi connectivity index (χ4n) is 2.87. The molecule has 0 N–H and O–H groups in total. The van der Waals surface area contributed by atoms with Gasteiger partial charge in [0.25, 0.3) is 0 Å². The molecular weight excluding hydrogens is 268 g/mol. The third-order valence-corrected chi connectivity index (χ3v) is 4.55. The van der Waals surface area contributed by atoms with Crippen LogP contribution >= 0.6 is 0 Å². The van der Waals surface area contributed by atoms with Gasteiger partial charge in [0.05, 0.1) is 12.5 Å². The van der Waals surface area contributed by atoms with Gasteiger partial charge in [-0.05, 0) is 44.9 Å². The van der Waals surface area contributed by atoms with Crippen molar-refractivity contribution >= 4 is 11.8 Å². The number of hydrogen-bond donors (Lipinski definition) is 0. The molecule has 1 fully saturated rings. The normalized spacial score (nSPS) is 28.1. The van der Waals surface area contributed by atoms with Crippen LogP contribution in [0.25, 0.3) is 0 Å². The largest absolute Gasteiger partial charge is 0.497 e. The van der Waals surface area contributed by atoms with Crippen molar-refractivity contribution in [3.63, 3.8) is 0 Å². The molecule has 4 heteroatoms. The first-order valence-corrected chi connectivity index (χ1v) is 7.17. The standard InChI is InChI=1S/C17H22O4/c1-6-17(4)13(11-7-9-12(20-5)10-8-11)21-15(19)16(2,3)14(17)18/h7-10,13H,6H2,1-5H3. The third-order valence-electron chi connectivity index (χ3n) is 4.55. The van der Waals surface area contributed by atoms with Gasteiger partial charge in [-0.3, -0.25) is 9.59 Å². The van der Waals surface area contributed by atoms with E-state index in [2.05, 4.69) is 0 Å². The van der Waals surface area contributed by atoms with Crippen molar-refractivity contribution in [2.75, 3.05) is 7.11 Å². The smallest absolute Gasteiger partial charge is 0.319 e. The van der Waals surface area contributed by atoms with Crippen LogP contribution in [0.15, 0.2) is 24.3 Å². The molecule has 1 aliphatic rings. The van der Waals surface area contributed by atoms with E-state index in [1.54, 1.807) is 21.0 Å². The molecule has 2 rings (SSSR count). The molecule has 4 nitrogen and oxygen atoms in total. The molecule has 114 valence electrons. The number of hydrogen-bond acceptors (Lipinski definition) is 4. The van der Waals surface area contributed by atoms with E-state index in [4.69, 9.17) is 9.47 Å². The molecule has 1 saturated heterocycles. The monoisotopic (exact) mass is 290 g/mol. The minimum atomic E-state index is -1.09. The van der Waals surface area contributed by atoms with E-state index in [0.29, 0.717) is 6.42 Å². The summed E-state index contributed by atoms with van der Waals surface area (Å²) in [5.74, 6) is 0.208.